The fraction of sp³-hybridized carbons (Fsp3) is 0.333. The second-order valence-electron chi connectivity index (χ2n) is 5.62. The van der Waals surface area contributed by atoms with Crippen molar-refractivity contribution in [2.45, 2.75) is 18.6 Å². The SMILES string of the molecule is C[C@@]12C=C[C@@H](O1)[C@H]1C(=O)N(c3ccc(F)cc3)C(=O)[C@@H]12. The van der Waals surface area contributed by atoms with Crippen molar-refractivity contribution in [1.82, 2.24) is 0 Å². The first-order chi connectivity index (χ1) is 9.51. The fourth-order valence-electron chi connectivity index (χ4n) is 3.50. The van der Waals surface area contributed by atoms with E-state index in [2.05, 4.69) is 0 Å². The van der Waals surface area contributed by atoms with E-state index in [-0.39, 0.29) is 17.9 Å². The van der Waals surface area contributed by atoms with Crippen molar-refractivity contribution in [3.05, 3.63) is 42.2 Å². The zero-order valence-corrected chi connectivity index (χ0v) is 10.7. The Morgan fingerprint density at radius 1 is 1.20 bits per heavy atom. The van der Waals surface area contributed by atoms with Crippen molar-refractivity contribution in [2.24, 2.45) is 11.8 Å². The number of rotatable bonds is 1. The molecule has 4 nitrogen and oxygen atoms in total. The van der Waals surface area contributed by atoms with Crippen LogP contribution in [-0.2, 0) is 14.3 Å². The van der Waals surface area contributed by atoms with E-state index in [1.165, 1.54) is 24.3 Å². The molecular formula is C15H12FNO3. The van der Waals surface area contributed by atoms with Crippen LogP contribution in [0.1, 0.15) is 6.92 Å². The van der Waals surface area contributed by atoms with Crippen molar-refractivity contribution in [1.29, 1.82) is 0 Å². The predicted molar refractivity (Wildman–Crippen MR) is 68.3 cm³/mol. The van der Waals surface area contributed by atoms with E-state index in [9.17, 15) is 14.0 Å². The first kappa shape index (κ1) is 11.8. The molecule has 102 valence electrons. The van der Waals surface area contributed by atoms with E-state index in [1.54, 1.807) is 0 Å². The van der Waals surface area contributed by atoms with Crippen LogP contribution in [0.15, 0.2) is 36.4 Å². The summed E-state index contributed by atoms with van der Waals surface area (Å²) in [6.45, 7) is 1.83. The van der Waals surface area contributed by atoms with Gasteiger partial charge in [-0.05, 0) is 31.2 Å². The second-order valence-corrected chi connectivity index (χ2v) is 5.62. The van der Waals surface area contributed by atoms with Gasteiger partial charge in [-0.15, -0.1) is 0 Å². The molecule has 0 unspecified atom stereocenters. The number of hydrogen-bond donors (Lipinski definition) is 0. The molecule has 0 aliphatic carbocycles. The van der Waals surface area contributed by atoms with E-state index in [4.69, 9.17) is 4.74 Å². The summed E-state index contributed by atoms with van der Waals surface area (Å²) >= 11 is 0. The lowest BCUT2D eigenvalue weighted by Crippen LogP contribution is -2.38. The number of anilines is 1. The van der Waals surface area contributed by atoms with Crippen LogP contribution in [0.3, 0.4) is 0 Å². The van der Waals surface area contributed by atoms with Crippen LogP contribution in [0.4, 0.5) is 10.1 Å². The zero-order valence-electron chi connectivity index (χ0n) is 10.7. The van der Waals surface area contributed by atoms with Crippen molar-refractivity contribution in [2.75, 3.05) is 4.90 Å². The lowest BCUT2D eigenvalue weighted by Gasteiger charge is -2.24. The molecule has 1 aromatic rings. The molecule has 3 heterocycles. The Labute approximate surface area is 114 Å². The molecule has 2 saturated heterocycles. The average Bonchev–Trinajstić information content (AvgIpc) is 3.01. The second kappa shape index (κ2) is 3.55. The number of amides is 2. The molecule has 3 aliphatic heterocycles. The lowest BCUT2D eigenvalue weighted by molar-refractivity contribution is -0.126. The highest BCUT2D eigenvalue weighted by Crippen LogP contribution is 2.52. The number of benzene rings is 1. The maximum atomic E-state index is 13.0. The van der Waals surface area contributed by atoms with Crippen molar-refractivity contribution >= 4 is 17.5 Å². The van der Waals surface area contributed by atoms with Gasteiger partial charge in [-0.3, -0.25) is 9.59 Å². The number of hydrogen-bond acceptors (Lipinski definition) is 3. The van der Waals surface area contributed by atoms with E-state index < -0.39 is 23.3 Å². The summed E-state index contributed by atoms with van der Waals surface area (Å²) in [5, 5.41) is 0. The topological polar surface area (TPSA) is 46.6 Å². The number of nitrogens with zero attached hydrogens (tertiary/aromatic N) is 1. The minimum absolute atomic E-state index is 0.260. The third-order valence-corrected chi connectivity index (χ3v) is 4.41. The number of halogens is 1. The summed E-state index contributed by atoms with van der Waals surface area (Å²) in [5.74, 6) is -1.85. The molecule has 0 saturated carbocycles. The van der Waals surface area contributed by atoms with E-state index in [1.807, 2.05) is 19.1 Å². The number of fused-ring (bicyclic) bond motifs is 5. The maximum Gasteiger partial charge on any atom is 0.241 e. The van der Waals surface area contributed by atoms with Crippen LogP contribution in [-0.4, -0.2) is 23.5 Å². The van der Waals surface area contributed by atoms with Crippen LogP contribution in [0.2, 0.25) is 0 Å². The molecule has 0 aromatic heterocycles. The van der Waals surface area contributed by atoms with E-state index in [0.29, 0.717) is 5.69 Å². The third kappa shape index (κ3) is 1.28. The van der Waals surface area contributed by atoms with Gasteiger partial charge in [-0.2, -0.15) is 0 Å². The van der Waals surface area contributed by atoms with Gasteiger partial charge in [0.1, 0.15) is 5.82 Å². The van der Waals surface area contributed by atoms with Crippen LogP contribution in [0.5, 0.6) is 0 Å². The van der Waals surface area contributed by atoms with Gasteiger partial charge >= 0.3 is 0 Å². The van der Waals surface area contributed by atoms with Crippen LogP contribution in [0, 0.1) is 17.7 Å². The summed E-state index contributed by atoms with van der Waals surface area (Å²) in [4.78, 5) is 26.2. The average molecular weight is 273 g/mol. The van der Waals surface area contributed by atoms with Gasteiger partial charge in [0.2, 0.25) is 11.8 Å². The largest absolute Gasteiger partial charge is 0.362 e. The normalized spacial score (nSPS) is 37.9. The molecule has 20 heavy (non-hydrogen) atoms. The highest BCUT2D eigenvalue weighted by molar-refractivity contribution is 6.23. The molecule has 1 aromatic carbocycles. The predicted octanol–water partition coefficient (Wildman–Crippen LogP) is 1.66. The van der Waals surface area contributed by atoms with Crippen molar-refractivity contribution in [3.63, 3.8) is 0 Å². The van der Waals surface area contributed by atoms with Gasteiger partial charge in [0.25, 0.3) is 0 Å². The molecule has 0 spiro atoms. The minimum atomic E-state index is -0.698. The summed E-state index contributed by atoms with van der Waals surface area (Å²) in [6, 6.07) is 5.39. The Morgan fingerprint density at radius 3 is 2.55 bits per heavy atom. The van der Waals surface area contributed by atoms with Crippen molar-refractivity contribution < 1.29 is 18.7 Å². The first-order valence-electron chi connectivity index (χ1n) is 6.52. The minimum Gasteiger partial charge on any atom is -0.362 e. The number of carbonyl (C=O) groups excluding carboxylic acids is 2. The Bertz CT molecular complexity index is 654. The highest BCUT2D eigenvalue weighted by Gasteiger charge is 2.65. The van der Waals surface area contributed by atoms with Crippen LogP contribution < -0.4 is 4.90 Å². The van der Waals surface area contributed by atoms with Crippen LogP contribution >= 0.6 is 0 Å². The molecule has 3 aliphatic rings. The van der Waals surface area contributed by atoms with Gasteiger partial charge < -0.3 is 4.74 Å². The van der Waals surface area contributed by atoms with Gasteiger partial charge in [-0.1, -0.05) is 12.2 Å². The van der Waals surface area contributed by atoms with Gasteiger partial charge in [0.05, 0.1) is 29.2 Å². The van der Waals surface area contributed by atoms with E-state index in [0.717, 1.165) is 4.90 Å². The zero-order chi connectivity index (χ0) is 14.1. The molecule has 2 bridgehead atoms. The third-order valence-electron chi connectivity index (χ3n) is 4.41. The Balaban J connectivity index is 1.77. The number of imide groups is 1. The Morgan fingerprint density at radius 2 is 1.90 bits per heavy atom. The standard InChI is InChI=1S/C15H12FNO3/c1-15-7-6-10(20-15)11-12(15)14(19)17(13(11)18)9-4-2-8(16)3-5-9/h2-7,10-12H,1H3/t10-,11-,12-,15+/m1/s1. The molecule has 4 rings (SSSR count). The molecular weight excluding hydrogens is 261 g/mol. The Hall–Kier alpha value is -2.01. The number of ether oxygens (including phenoxy) is 1. The molecule has 2 fully saturated rings. The number of carbonyl (C=O) groups is 2. The summed E-state index contributed by atoms with van der Waals surface area (Å²) < 4.78 is 18.7. The molecule has 0 radical (unpaired) electrons. The monoisotopic (exact) mass is 273 g/mol. The smallest absolute Gasteiger partial charge is 0.241 e. The van der Waals surface area contributed by atoms with Gasteiger partial charge in [0.15, 0.2) is 0 Å². The van der Waals surface area contributed by atoms with Gasteiger partial charge in [-0.25, -0.2) is 9.29 Å². The Kier molecular flexibility index (Phi) is 2.09. The van der Waals surface area contributed by atoms with E-state index >= 15 is 0 Å². The van der Waals surface area contributed by atoms with Crippen LogP contribution in [0.25, 0.3) is 0 Å². The molecule has 4 atom stereocenters. The fourth-order valence-corrected chi connectivity index (χ4v) is 3.50. The summed E-state index contributed by atoms with van der Waals surface area (Å²) in [6.07, 6.45) is 3.38. The quantitative estimate of drug-likeness (QED) is 0.577. The summed E-state index contributed by atoms with van der Waals surface area (Å²) in [7, 11) is 0. The highest BCUT2D eigenvalue weighted by atomic mass is 19.1. The molecule has 0 N–H and O–H groups in total. The molecule has 5 heteroatoms. The maximum absolute atomic E-state index is 13.0. The molecule has 2 amide bonds. The lowest BCUT2D eigenvalue weighted by atomic mass is 9.78. The van der Waals surface area contributed by atoms with Crippen molar-refractivity contribution in [3.8, 4) is 0 Å². The first-order valence-corrected chi connectivity index (χ1v) is 6.52. The summed E-state index contributed by atoms with van der Waals surface area (Å²) in [5.41, 5.74) is -0.282. The van der Waals surface area contributed by atoms with Gasteiger partial charge in [0, 0.05) is 0 Å².